The summed E-state index contributed by atoms with van der Waals surface area (Å²) in [5, 5.41) is 0. The van der Waals surface area contributed by atoms with Crippen molar-refractivity contribution in [3.8, 4) is 0 Å². The molecule has 1 rings (SSSR count). The highest BCUT2D eigenvalue weighted by atomic mass is 79.9. The van der Waals surface area contributed by atoms with Gasteiger partial charge in [0.15, 0.2) is 11.4 Å². The van der Waals surface area contributed by atoms with Gasteiger partial charge in [0, 0.05) is 4.99 Å². The van der Waals surface area contributed by atoms with Crippen LogP contribution in [-0.2, 0) is 9.47 Å². The first-order valence-electron chi connectivity index (χ1n) is 2.78. The van der Waals surface area contributed by atoms with Gasteiger partial charge in [0.1, 0.15) is 0 Å². The van der Waals surface area contributed by atoms with Gasteiger partial charge in [-0.05, 0) is 13.8 Å². The number of halogens is 1. The van der Waals surface area contributed by atoms with Gasteiger partial charge in [-0.3, -0.25) is 0 Å². The molecule has 0 radical (unpaired) electrons. The standard InChI is InChI=1S/C6H7BrO3/c1-6(2)4(3-7)9-5(8)10-6/h3H,1-2H3/b4-3+. The Morgan fingerprint density at radius 2 is 2.20 bits per heavy atom. The second-order valence-electron chi connectivity index (χ2n) is 2.44. The molecule has 0 atom stereocenters. The van der Waals surface area contributed by atoms with Crippen LogP contribution < -0.4 is 0 Å². The topological polar surface area (TPSA) is 35.5 Å². The largest absolute Gasteiger partial charge is 0.514 e. The number of hydrogen-bond donors (Lipinski definition) is 0. The fourth-order valence-electron chi connectivity index (χ4n) is 0.646. The monoisotopic (exact) mass is 206 g/mol. The molecule has 0 bridgehead atoms. The first-order chi connectivity index (χ1) is 4.56. The van der Waals surface area contributed by atoms with Crippen LogP contribution in [0.2, 0.25) is 0 Å². The summed E-state index contributed by atoms with van der Waals surface area (Å²) in [7, 11) is 0. The molecule has 0 spiro atoms. The zero-order valence-corrected chi connectivity index (χ0v) is 7.27. The van der Waals surface area contributed by atoms with Crippen molar-refractivity contribution in [3.05, 3.63) is 10.7 Å². The van der Waals surface area contributed by atoms with Gasteiger partial charge in [-0.2, -0.15) is 0 Å². The Labute approximate surface area is 67.1 Å². The second-order valence-corrected chi connectivity index (χ2v) is 2.90. The van der Waals surface area contributed by atoms with Crippen molar-refractivity contribution >= 4 is 22.1 Å². The van der Waals surface area contributed by atoms with E-state index in [-0.39, 0.29) is 0 Å². The summed E-state index contributed by atoms with van der Waals surface area (Å²) in [6, 6.07) is 0. The Hall–Kier alpha value is -0.510. The van der Waals surface area contributed by atoms with Gasteiger partial charge in [-0.25, -0.2) is 4.79 Å². The third-order valence-electron chi connectivity index (χ3n) is 1.22. The van der Waals surface area contributed by atoms with Gasteiger partial charge < -0.3 is 9.47 Å². The Morgan fingerprint density at radius 1 is 1.60 bits per heavy atom. The summed E-state index contributed by atoms with van der Waals surface area (Å²) >= 11 is 3.06. The predicted octanol–water partition coefficient (Wildman–Crippen LogP) is 2.17. The highest BCUT2D eigenvalue weighted by molar-refractivity contribution is 9.11. The summed E-state index contributed by atoms with van der Waals surface area (Å²) in [6.45, 7) is 3.51. The van der Waals surface area contributed by atoms with E-state index >= 15 is 0 Å². The molecule has 0 N–H and O–H groups in total. The smallest absolute Gasteiger partial charge is 0.420 e. The van der Waals surface area contributed by atoms with Crippen molar-refractivity contribution in [1.29, 1.82) is 0 Å². The quantitative estimate of drug-likeness (QED) is 0.571. The van der Waals surface area contributed by atoms with E-state index in [1.807, 2.05) is 0 Å². The lowest BCUT2D eigenvalue weighted by Gasteiger charge is -2.12. The fraction of sp³-hybridized carbons (Fsp3) is 0.500. The number of carbonyl (C=O) groups excluding carboxylic acids is 1. The minimum absolute atomic E-state index is 0.498. The lowest BCUT2D eigenvalue weighted by atomic mass is 10.1. The molecule has 1 aliphatic rings. The SMILES string of the molecule is CC1(C)OC(=O)O/C1=C/Br. The second kappa shape index (κ2) is 2.27. The van der Waals surface area contributed by atoms with Crippen LogP contribution in [-0.4, -0.2) is 11.8 Å². The first-order valence-corrected chi connectivity index (χ1v) is 3.69. The summed E-state index contributed by atoms with van der Waals surface area (Å²) in [5.41, 5.74) is -0.624. The molecule has 0 aliphatic carbocycles. The molecule has 1 aliphatic heterocycles. The summed E-state index contributed by atoms with van der Waals surface area (Å²) in [5.74, 6) is 0.498. The van der Waals surface area contributed by atoms with Gasteiger partial charge in [-0.15, -0.1) is 0 Å². The molecule has 0 unspecified atom stereocenters. The van der Waals surface area contributed by atoms with Gasteiger partial charge in [0.05, 0.1) is 0 Å². The van der Waals surface area contributed by atoms with E-state index in [2.05, 4.69) is 20.7 Å². The van der Waals surface area contributed by atoms with E-state index in [9.17, 15) is 4.79 Å². The summed E-state index contributed by atoms with van der Waals surface area (Å²) in [4.78, 5) is 12.1. The van der Waals surface area contributed by atoms with Crippen LogP contribution in [0.3, 0.4) is 0 Å². The van der Waals surface area contributed by atoms with Crippen LogP contribution in [0.25, 0.3) is 0 Å². The maximum Gasteiger partial charge on any atom is 0.514 e. The van der Waals surface area contributed by atoms with Crippen molar-refractivity contribution in [2.45, 2.75) is 19.4 Å². The van der Waals surface area contributed by atoms with Crippen molar-refractivity contribution in [3.63, 3.8) is 0 Å². The average molecular weight is 207 g/mol. The maximum absolute atomic E-state index is 10.5. The van der Waals surface area contributed by atoms with Gasteiger partial charge >= 0.3 is 6.16 Å². The molecule has 56 valence electrons. The number of cyclic esters (lactones) is 2. The molecule has 0 aromatic carbocycles. The van der Waals surface area contributed by atoms with Gasteiger partial charge in [0.2, 0.25) is 0 Å². The third kappa shape index (κ3) is 1.16. The van der Waals surface area contributed by atoms with Crippen LogP contribution in [0.1, 0.15) is 13.8 Å². The Balaban J connectivity index is 2.88. The third-order valence-corrected chi connectivity index (χ3v) is 1.64. The zero-order valence-electron chi connectivity index (χ0n) is 5.68. The molecule has 0 amide bonds. The van der Waals surface area contributed by atoms with Crippen molar-refractivity contribution in [2.75, 3.05) is 0 Å². The minimum atomic E-state index is -0.643. The molecule has 1 fully saturated rings. The van der Waals surface area contributed by atoms with Crippen LogP contribution in [0, 0.1) is 0 Å². The van der Waals surface area contributed by atoms with E-state index in [1.165, 1.54) is 4.99 Å². The highest BCUT2D eigenvalue weighted by Crippen LogP contribution is 2.30. The van der Waals surface area contributed by atoms with Crippen LogP contribution in [0.5, 0.6) is 0 Å². The van der Waals surface area contributed by atoms with Crippen LogP contribution in [0.15, 0.2) is 10.7 Å². The number of carbonyl (C=O) groups is 1. The lowest BCUT2D eigenvalue weighted by Crippen LogP contribution is -2.19. The van der Waals surface area contributed by atoms with Crippen LogP contribution >= 0.6 is 15.9 Å². The number of hydrogen-bond acceptors (Lipinski definition) is 3. The fourth-order valence-corrected chi connectivity index (χ4v) is 1.29. The van der Waals surface area contributed by atoms with E-state index in [0.29, 0.717) is 5.76 Å². The Bertz CT molecular complexity index is 195. The molecule has 3 nitrogen and oxygen atoms in total. The molecular formula is C6H7BrO3. The summed E-state index contributed by atoms with van der Waals surface area (Å²) < 4.78 is 9.47. The van der Waals surface area contributed by atoms with Gasteiger partial charge in [0.25, 0.3) is 0 Å². The van der Waals surface area contributed by atoms with E-state index in [4.69, 9.17) is 4.74 Å². The molecule has 0 aromatic rings. The lowest BCUT2D eigenvalue weighted by molar-refractivity contribution is 0.0872. The number of rotatable bonds is 0. The Morgan fingerprint density at radius 3 is 2.40 bits per heavy atom. The predicted molar refractivity (Wildman–Crippen MR) is 38.7 cm³/mol. The zero-order chi connectivity index (χ0) is 7.78. The van der Waals surface area contributed by atoms with E-state index in [1.54, 1.807) is 13.8 Å². The Kier molecular flexibility index (Phi) is 1.72. The summed E-state index contributed by atoms with van der Waals surface area (Å²) in [6.07, 6.45) is -0.643. The van der Waals surface area contributed by atoms with Crippen molar-refractivity contribution in [1.82, 2.24) is 0 Å². The average Bonchev–Trinajstić information content (AvgIpc) is 2.04. The molecule has 1 heterocycles. The van der Waals surface area contributed by atoms with E-state index in [0.717, 1.165) is 0 Å². The highest BCUT2D eigenvalue weighted by Gasteiger charge is 2.38. The van der Waals surface area contributed by atoms with Crippen LogP contribution in [0.4, 0.5) is 4.79 Å². The molecular weight excluding hydrogens is 200 g/mol. The van der Waals surface area contributed by atoms with E-state index < -0.39 is 11.8 Å². The van der Waals surface area contributed by atoms with Crippen molar-refractivity contribution in [2.24, 2.45) is 0 Å². The molecule has 10 heavy (non-hydrogen) atoms. The molecule has 1 saturated heterocycles. The molecule has 0 aromatic heterocycles. The normalized spacial score (nSPS) is 26.3. The maximum atomic E-state index is 10.5. The molecule has 0 saturated carbocycles. The minimum Gasteiger partial charge on any atom is -0.420 e. The van der Waals surface area contributed by atoms with Crippen molar-refractivity contribution < 1.29 is 14.3 Å². The number of ether oxygens (including phenoxy) is 2. The van der Waals surface area contributed by atoms with Gasteiger partial charge in [-0.1, -0.05) is 15.9 Å². The molecule has 4 heteroatoms. The first kappa shape index (κ1) is 7.60.